The van der Waals surface area contributed by atoms with Crippen molar-refractivity contribution in [1.82, 2.24) is 15.3 Å². The maximum atomic E-state index is 12.9. The molecule has 1 aromatic heterocycles. The highest BCUT2D eigenvalue weighted by Gasteiger charge is 2.16. The predicted molar refractivity (Wildman–Crippen MR) is 152 cm³/mol. The Morgan fingerprint density at radius 2 is 1.85 bits per heavy atom. The standard InChI is InChI=1S/C31H37N3O5/c1-7-20(3)15-25(31(36)39-8-2)17-24-16-22(10-9-21(24)4)29-32-14-13-27(34-29)30(35)33-19-23-11-12-26(37-5)18-28(23)38-6/h9-14,16-18,20H,7-8,15,19H2,1-6H3,(H,33,35). The van der Waals surface area contributed by atoms with Gasteiger partial charge in [0.25, 0.3) is 5.91 Å². The summed E-state index contributed by atoms with van der Waals surface area (Å²) in [5.41, 5.74) is 4.32. The topological polar surface area (TPSA) is 99.6 Å². The number of amides is 1. The van der Waals surface area contributed by atoms with Gasteiger partial charge < -0.3 is 19.5 Å². The zero-order valence-electron chi connectivity index (χ0n) is 23.5. The summed E-state index contributed by atoms with van der Waals surface area (Å²) >= 11 is 0. The van der Waals surface area contributed by atoms with E-state index in [1.807, 2.05) is 43.3 Å². The van der Waals surface area contributed by atoms with Crippen LogP contribution in [-0.4, -0.2) is 42.7 Å². The third kappa shape index (κ3) is 7.89. The molecule has 0 radical (unpaired) electrons. The minimum Gasteiger partial charge on any atom is -0.497 e. The van der Waals surface area contributed by atoms with E-state index in [0.29, 0.717) is 41.8 Å². The van der Waals surface area contributed by atoms with Crippen molar-refractivity contribution in [2.75, 3.05) is 20.8 Å². The van der Waals surface area contributed by atoms with Gasteiger partial charge >= 0.3 is 5.97 Å². The molecule has 0 bridgehead atoms. The monoisotopic (exact) mass is 531 g/mol. The third-order valence-electron chi connectivity index (χ3n) is 6.49. The molecule has 1 heterocycles. The average Bonchev–Trinajstić information content (AvgIpc) is 2.96. The number of methoxy groups -OCH3 is 2. The van der Waals surface area contributed by atoms with Crippen molar-refractivity contribution in [3.63, 3.8) is 0 Å². The average molecular weight is 532 g/mol. The second-order valence-corrected chi connectivity index (χ2v) is 9.30. The molecule has 0 spiro atoms. The summed E-state index contributed by atoms with van der Waals surface area (Å²) in [6.07, 6.45) is 5.04. The smallest absolute Gasteiger partial charge is 0.334 e. The minimum atomic E-state index is -0.332. The van der Waals surface area contributed by atoms with Crippen molar-refractivity contribution in [3.8, 4) is 22.9 Å². The van der Waals surface area contributed by atoms with Crippen LogP contribution in [0.2, 0.25) is 0 Å². The molecule has 2 aromatic carbocycles. The zero-order valence-corrected chi connectivity index (χ0v) is 23.5. The van der Waals surface area contributed by atoms with Crippen LogP contribution in [0.15, 0.2) is 54.2 Å². The first-order valence-electron chi connectivity index (χ1n) is 13.1. The van der Waals surface area contributed by atoms with Gasteiger partial charge in [-0.3, -0.25) is 4.79 Å². The van der Waals surface area contributed by atoms with E-state index in [2.05, 4.69) is 29.1 Å². The molecule has 8 nitrogen and oxygen atoms in total. The van der Waals surface area contributed by atoms with Crippen LogP contribution in [0.4, 0.5) is 0 Å². The number of esters is 1. The van der Waals surface area contributed by atoms with Gasteiger partial charge in [-0.15, -0.1) is 0 Å². The Balaban J connectivity index is 1.84. The first kappa shape index (κ1) is 29.4. The number of aryl methyl sites for hydroxylation is 1. The number of nitrogens with zero attached hydrogens (tertiary/aromatic N) is 2. The molecule has 1 unspecified atom stereocenters. The fourth-order valence-corrected chi connectivity index (χ4v) is 3.96. The van der Waals surface area contributed by atoms with Crippen molar-refractivity contribution in [2.45, 2.75) is 47.1 Å². The van der Waals surface area contributed by atoms with Crippen molar-refractivity contribution in [1.29, 1.82) is 0 Å². The van der Waals surface area contributed by atoms with E-state index in [4.69, 9.17) is 14.2 Å². The van der Waals surface area contributed by atoms with E-state index in [1.54, 1.807) is 39.5 Å². The summed E-state index contributed by atoms with van der Waals surface area (Å²) in [5.74, 6) is 1.42. The minimum absolute atomic E-state index is 0.245. The van der Waals surface area contributed by atoms with Gasteiger partial charge in [-0.1, -0.05) is 32.4 Å². The summed E-state index contributed by atoms with van der Waals surface area (Å²) in [6.45, 7) is 8.60. The van der Waals surface area contributed by atoms with Crippen LogP contribution >= 0.6 is 0 Å². The molecule has 0 aliphatic heterocycles. The SMILES string of the molecule is CCOC(=O)C(=Cc1cc(-c2nccc(C(=O)NCc3ccc(OC)cc3OC)n2)ccc1C)CC(C)CC. The molecule has 1 N–H and O–H groups in total. The van der Waals surface area contributed by atoms with E-state index in [-0.39, 0.29) is 24.1 Å². The van der Waals surface area contributed by atoms with Gasteiger partial charge in [-0.25, -0.2) is 14.8 Å². The lowest BCUT2D eigenvalue weighted by Crippen LogP contribution is -2.24. The Labute approximate surface area is 230 Å². The van der Waals surface area contributed by atoms with Crippen LogP contribution in [0.1, 0.15) is 60.8 Å². The lowest BCUT2D eigenvalue weighted by atomic mass is 9.95. The van der Waals surface area contributed by atoms with Crippen LogP contribution < -0.4 is 14.8 Å². The Bertz CT molecular complexity index is 1340. The number of nitrogens with one attached hydrogen (secondary N) is 1. The molecule has 8 heteroatoms. The van der Waals surface area contributed by atoms with Gasteiger partial charge in [0, 0.05) is 35.5 Å². The van der Waals surface area contributed by atoms with E-state index >= 15 is 0 Å². The number of carbonyl (C=O) groups is 2. The normalized spacial score (nSPS) is 12.0. The second kappa shape index (κ2) is 14.1. The summed E-state index contributed by atoms with van der Waals surface area (Å²) in [6, 6.07) is 12.8. The molecular weight excluding hydrogens is 494 g/mol. The van der Waals surface area contributed by atoms with Gasteiger partial charge in [0.1, 0.15) is 17.2 Å². The number of aromatic nitrogens is 2. The molecule has 1 amide bonds. The number of ether oxygens (including phenoxy) is 3. The van der Waals surface area contributed by atoms with Crippen molar-refractivity contribution in [2.24, 2.45) is 5.92 Å². The van der Waals surface area contributed by atoms with Gasteiger partial charge in [0.2, 0.25) is 0 Å². The molecule has 0 saturated carbocycles. The Morgan fingerprint density at radius 3 is 2.54 bits per heavy atom. The Morgan fingerprint density at radius 1 is 1.05 bits per heavy atom. The second-order valence-electron chi connectivity index (χ2n) is 9.30. The molecule has 3 rings (SSSR count). The number of carbonyl (C=O) groups excluding carboxylic acids is 2. The van der Waals surface area contributed by atoms with E-state index < -0.39 is 0 Å². The van der Waals surface area contributed by atoms with E-state index in [0.717, 1.165) is 28.7 Å². The first-order chi connectivity index (χ1) is 18.8. The number of rotatable bonds is 12. The van der Waals surface area contributed by atoms with Gasteiger partial charge in [-0.2, -0.15) is 0 Å². The Hall–Kier alpha value is -4.20. The fraction of sp³-hybridized carbons (Fsp3) is 0.355. The molecule has 3 aromatic rings. The number of hydrogen-bond donors (Lipinski definition) is 1. The molecule has 1 atom stereocenters. The van der Waals surface area contributed by atoms with Crippen LogP contribution in [0.3, 0.4) is 0 Å². The predicted octanol–water partition coefficient (Wildman–Crippen LogP) is 5.78. The van der Waals surface area contributed by atoms with Crippen LogP contribution in [0.25, 0.3) is 17.5 Å². The molecule has 0 saturated heterocycles. The number of benzene rings is 2. The maximum Gasteiger partial charge on any atom is 0.334 e. The fourth-order valence-electron chi connectivity index (χ4n) is 3.96. The van der Waals surface area contributed by atoms with E-state index in [9.17, 15) is 9.59 Å². The van der Waals surface area contributed by atoms with Crippen molar-refractivity contribution >= 4 is 18.0 Å². The summed E-state index contributed by atoms with van der Waals surface area (Å²) in [4.78, 5) is 34.5. The van der Waals surface area contributed by atoms with Crippen LogP contribution in [0.5, 0.6) is 11.5 Å². The summed E-state index contributed by atoms with van der Waals surface area (Å²) in [5, 5.41) is 2.89. The highest BCUT2D eigenvalue weighted by Crippen LogP contribution is 2.26. The largest absolute Gasteiger partial charge is 0.497 e. The van der Waals surface area contributed by atoms with Crippen LogP contribution in [-0.2, 0) is 16.1 Å². The lowest BCUT2D eigenvalue weighted by molar-refractivity contribution is -0.138. The molecule has 39 heavy (non-hydrogen) atoms. The van der Waals surface area contributed by atoms with Crippen molar-refractivity contribution in [3.05, 3.63) is 76.6 Å². The third-order valence-corrected chi connectivity index (χ3v) is 6.49. The maximum absolute atomic E-state index is 12.9. The molecule has 206 valence electrons. The summed E-state index contributed by atoms with van der Waals surface area (Å²) in [7, 11) is 3.16. The van der Waals surface area contributed by atoms with Gasteiger partial charge in [-0.05, 0) is 67.7 Å². The quantitative estimate of drug-likeness (QED) is 0.234. The Kier molecular flexibility index (Phi) is 10.6. The van der Waals surface area contributed by atoms with E-state index in [1.165, 1.54) is 0 Å². The highest BCUT2D eigenvalue weighted by atomic mass is 16.5. The highest BCUT2D eigenvalue weighted by molar-refractivity contribution is 5.94. The zero-order chi connectivity index (χ0) is 28.4. The number of hydrogen-bond acceptors (Lipinski definition) is 7. The molecule has 0 aliphatic rings. The molecular formula is C31H37N3O5. The lowest BCUT2D eigenvalue weighted by Gasteiger charge is -2.13. The summed E-state index contributed by atoms with van der Waals surface area (Å²) < 4.78 is 16.0. The van der Waals surface area contributed by atoms with Crippen LogP contribution in [0, 0.1) is 12.8 Å². The molecule has 0 aliphatic carbocycles. The van der Waals surface area contributed by atoms with Gasteiger partial charge in [0.05, 0.1) is 20.8 Å². The van der Waals surface area contributed by atoms with Crippen molar-refractivity contribution < 1.29 is 23.8 Å². The first-order valence-corrected chi connectivity index (χ1v) is 13.1. The molecule has 0 fully saturated rings. The van der Waals surface area contributed by atoms with Gasteiger partial charge in [0.15, 0.2) is 5.82 Å².